The summed E-state index contributed by atoms with van der Waals surface area (Å²) in [5.74, 6) is 0.981. The van der Waals surface area contributed by atoms with Gasteiger partial charge >= 0.3 is 0 Å². The topological polar surface area (TPSA) is 113 Å². The van der Waals surface area contributed by atoms with Crippen LogP contribution in [0.1, 0.15) is 68.3 Å². The van der Waals surface area contributed by atoms with Gasteiger partial charge in [-0.2, -0.15) is 5.10 Å². The van der Waals surface area contributed by atoms with E-state index in [0.29, 0.717) is 62.0 Å². The number of carbonyl (C=O) groups excluding carboxylic acids is 2. The Labute approximate surface area is 342 Å². The molecule has 57 heavy (non-hydrogen) atoms. The molecule has 0 radical (unpaired) electrons. The molecule has 0 aliphatic carbocycles. The summed E-state index contributed by atoms with van der Waals surface area (Å²) in [6.07, 6.45) is 1.28. The number of nitrogens with two attached hydrogens (primary N) is 1. The number of halogens is 2. The number of hydrogen-bond donors (Lipinski definition) is 1. The molecule has 298 valence electrons. The minimum atomic E-state index is -0.491. The van der Waals surface area contributed by atoms with Crippen molar-refractivity contribution in [2.75, 3.05) is 50.9 Å². The van der Waals surface area contributed by atoms with E-state index in [1.807, 2.05) is 67.7 Å². The Bertz CT molecular complexity index is 2540. The van der Waals surface area contributed by atoms with Crippen molar-refractivity contribution in [2.24, 2.45) is 12.8 Å². The zero-order valence-corrected chi connectivity index (χ0v) is 34.9. The Hall–Kier alpha value is -4.81. The average molecular weight is 811 g/mol. The molecular weight excluding hydrogens is 761 g/mol. The highest BCUT2D eigenvalue weighted by Gasteiger charge is 2.38. The van der Waals surface area contributed by atoms with Crippen LogP contribution in [0.15, 0.2) is 48.5 Å². The fourth-order valence-electron chi connectivity index (χ4n) is 8.84. The van der Waals surface area contributed by atoms with E-state index in [1.165, 1.54) is 0 Å². The second-order valence-corrected chi connectivity index (χ2v) is 16.3. The van der Waals surface area contributed by atoms with Gasteiger partial charge in [0, 0.05) is 84.0 Å². The van der Waals surface area contributed by atoms with Crippen molar-refractivity contribution in [3.8, 4) is 16.9 Å². The quantitative estimate of drug-likeness (QED) is 0.132. The van der Waals surface area contributed by atoms with E-state index in [9.17, 15) is 4.79 Å². The van der Waals surface area contributed by atoms with Crippen molar-refractivity contribution in [3.63, 3.8) is 0 Å². The third kappa shape index (κ3) is 6.98. The molecule has 1 atom stereocenters. The molecule has 0 bridgehead atoms. The van der Waals surface area contributed by atoms with Crippen LogP contribution < -0.4 is 15.4 Å². The molecule has 1 saturated heterocycles. The second-order valence-electron chi connectivity index (χ2n) is 15.5. The maximum absolute atomic E-state index is 15.4. The SMILES string of the molecule is Cc1cc(OCCCc2c3n(c4c(-c5c(C)nn(C)c5C)c(Cl)ccc24)[C@H](C)CN(c2cc4ccc(C(N)=O)cc4n2CCN2CCOCC2)C3=O)cc(C)c1Cl. The molecule has 2 N–H and O–H groups in total. The average Bonchev–Trinajstić information content (AvgIpc) is 3.81. The van der Waals surface area contributed by atoms with Crippen LogP contribution in [0.4, 0.5) is 5.82 Å². The summed E-state index contributed by atoms with van der Waals surface area (Å²) in [7, 11) is 1.94. The molecule has 3 aromatic heterocycles. The Kier molecular flexibility index (Phi) is 10.6. The molecule has 3 aromatic carbocycles. The van der Waals surface area contributed by atoms with Crippen LogP contribution >= 0.6 is 23.2 Å². The number of rotatable bonds is 11. The number of aromatic nitrogens is 4. The lowest BCUT2D eigenvalue weighted by molar-refractivity contribution is 0.0366. The van der Waals surface area contributed by atoms with Crippen LogP contribution in [0.3, 0.4) is 0 Å². The zero-order valence-electron chi connectivity index (χ0n) is 33.4. The van der Waals surface area contributed by atoms with Crippen LogP contribution in [0.25, 0.3) is 32.9 Å². The van der Waals surface area contributed by atoms with Crippen molar-refractivity contribution in [2.45, 2.75) is 60.0 Å². The first-order valence-corrected chi connectivity index (χ1v) is 20.4. The van der Waals surface area contributed by atoms with E-state index < -0.39 is 5.91 Å². The van der Waals surface area contributed by atoms with Gasteiger partial charge in [-0.25, -0.2) is 0 Å². The molecule has 2 aliphatic rings. The lowest BCUT2D eigenvalue weighted by Crippen LogP contribution is -2.44. The van der Waals surface area contributed by atoms with E-state index in [0.717, 1.165) is 97.2 Å². The number of fused-ring (bicyclic) bond motifs is 4. The number of morpholine rings is 1. The number of ether oxygens (including phenoxy) is 2. The van der Waals surface area contributed by atoms with Crippen LogP contribution in [-0.2, 0) is 24.8 Å². The maximum atomic E-state index is 15.4. The molecule has 0 spiro atoms. The van der Waals surface area contributed by atoms with Crippen LogP contribution in [0.2, 0.25) is 10.0 Å². The highest BCUT2D eigenvalue weighted by molar-refractivity contribution is 6.35. The molecule has 2 amide bonds. The molecule has 2 aliphatic heterocycles. The van der Waals surface area contributed by atoms with Gasteiger partial charge in [0.25, 0.3) is 5.91 Å². The number of nitrogens with zero attached hydrogens (tertiary/aromatic N) is 6. The van der Waals surface area contributed by atoms with Crippen LogP contribution in [0, 0.1) is 27.7 Å². The number of carbonyl (C=O) groups is 2. The third-order valence-corrected chi connectivity index (χ3v) is 12.7. The highest BCUT2D eigenvalue weighted by Crippen LogP contribution is 2.45. The molecule has 13 heteroatoms. The highest BCUT2D eigenvalue weighted by atomic mass is 35.5. The Morgan fingerprint density at radius 3 is 2.40 bits per heavy atom. The number of amides is 2. The first-order valence-electron chi connectivity index (χ1n) is 19.6. The molecule has 11 nitrogen and oxygen atoms in total. The number of benzene rings is 3. The van der Waals surface area contributed by atoms with Gasteiger partial charge in [-0.3, -0.25) is 24.1 Å². The van der Waals surface area contributed by atoms with E-state index in [4.69, 9.17) is 43.5 Å². The predicted molar refractivity (Wildman–Crippen MR) is 227 cm³/mol. The summed E-state index contributed by atoms with van der Waals surface area (Å²) in [6.45, 7) is 15.5. The summed E-state index contributed by atoms with van der Waals surface area (Å²) < 4.78 is 18.2. The molecule has 8 rings (SSSR count). The summed E-state index contributed by atoms with van der Waals surface area (Å²) in [6, 6.07) is 15.4. The van der Waals surface area contributed by atoms with Crippen LogP contribution in [0.5, 0.6) is 5.75 Å². The summed E-state index contributed by atoms with van der Waals surface area (Å²) in [4.78, 5) is 32.0. The number of aryl methyl sites for hydroxylation is 5. The first kappa shape index (κ1) is 39.0. The van der Waals surface area contributed by atoms with E-state index >= 15 is 4.79 Å². The van der Waals surface area contributed by atoms with Gasteiger partial charge in [-0.15, -0.1) is 0 Å². The van der Waals surface area contributed by atoms with Gasteiger partial charge in [0.15, 0.2) is 0 Å². The number of anilines is 1. The smallest absolute Gasteiger partial charge is 0.276 e. The Balaban J connectivity index is 1.25. The van der Waals surface area contributed by atoms with Crippen LogP contribution in [-0.4, -0.2) is 81.6 Å². The first-order chi connectivity index (χ1) is 27.3. The lowest BCUT2D eigenvalue weighted by Gasteiger charge is -2.35. The maximum Gasteiger partial charge on any atom is 0.276 e. The van der Waals surface area contributed by atoms with Gasteiger partial charge in [0.1, 0.15) is 17.3 Å². The van der Waals surface area contributed by atoms with E-state index in [-0.39, 0.29) is 11.9 Å². The number of hydrogen-bond acceptors (Lipinski definition) is 6. The zero-order chi connectivity index (χ0) is 40.3. The van der Waals surface area contributed by atoms with E-state index in [1.54, 1.807) is 6.07 Å². The largest absolute Gasteiger partial charge is 0.494 e. The molecule has 5 heterocycles. The normalized spacial score (nSPS) is 16.2. The number of primary amides is 1. The molecule has 0 unspecified atom stereocenters. The monoisotopic (exact) mass is 809 g/mol. The summed E-state index contributed by atoms with van der Waals surface area (Å²) >= 11 is 13.6. The fraction of sp³-hybridized carbons (Fsp3) is 0.386. The van der Waals surface area contributed by atoms with Crippen molar-refractivity contribution < 1.29 is 19.1 Å². The summed E-state index contributed by atoms with van der Waals surface area (Å²) in [5, 5.41) is 8.04. The van der Waals surface area contributed by atoms with Gasteiger partial charge in [-0.05, 0) is 101 Å². The minimum Gasteiger partial charge on any atom is -0.494 e. The predicted octanol–water partition coefficient (Wildman–Crippen LogP) is 8.20. The summed E-state index contributed by atoms with van der Waals surface area (Å²) in [5.41, 5.74) is 15.3. The standard InChI is InChI=1S/C44H49Cl2N7O4/c1-25-20-32(21-26(2)40(25)46)57-17-7-8-33-34-11-12-35(45)39(38-28(4)48-49(6)29(38)5)41(34)53-27(3)24-52(44(55)42(33)53)37-23-30-9-10-31(43(47)54)22-36(30)51(37)14-13-50-15-18-56-19-16-50/h9-12,20-23,27H,7-8,13-19,24H2,1-6H3,(H2,47,54)/t27-/m1/s1. The molecule has 0 saturated carbocycles. The van der Waals surface area contributed by atoms with Gasteiger partial charge in [0.2, 0.25) is 5.91 Å². The lowest BCUT2D eigenvalue weighted by atomic mass is 9.98. The van der Waals surface area contributed by atoms with Gasteiger partial charge in [0.05, 0.1) is 41.6 Å². The van der Waals surface area contributed by atoms with Crippen molar-refractivity contribution in [1.82, 2.24) is 23.8 Å². The molecule has 6 aromatic rings. The minimum absolute atomic E-state index is 0.0866. The molecular formula is C44H49Cl2N7O4. The third-order valence-electron chi connectivity index (χ3n) is 11.8. The second kappa shape index (κ2) is 15.5. The van der Waals surface area contributed by atoms with Gasteiger partial charge < -0.3 is 24.3 Å². The van der Waals surface area contributed by atoms with Gasteiger partial charge in [-0.1, -0.05) is 35.3 Å². The van der Waals surface area contributed by atoms with Crippen molar-refractivity contribution >= 4 is 62.6 Å². The Morgan fingerprint density at radius 1 is 0.982 bits per heavy atom. The van der Waals surface area contributed by atoms with Crippen molar-refractivity contribution in [3.05, 3.63) is 97.9 Å². The molecule has 1 fully saturated rings. The Morgan fingerprint density at radius 2 is 1.72 bits per heavy atom. The van der Waals surface area contributed by atoms with Crippen molar-refractivity contribution in [1.29, 1.82) is 0 Å². The fourth-order valence-corrected chi connectivity index (χ4v) is 9.20. The van der Waals surface area contributed by atoms with E-state index in [2.05, 4.69) is 40.0 Å².